The van der Waals surface area contributed by atoms with Crippen LogP contribution in [0.4, 0.5) is 16.2 Å². The first kappa shape index (κ1) is 17.8. The summed E-state index contributed by atoms with van der Waals surface area (Å²) >= 11 is 0. The van der Waals surface area contributed by atoms with Crippen molar-refractivity contribution in [3.8, 4) is 5.75 Å². The summed E-state index contributed by atoms with van der Waals surface area (Å²) in [5.74, 6) is -0.698. The molecule has 5 N–H and O–H groups in total. The Morgan fingerprint density at radius 1 is 1.35 bits per heavy atom. The number of nitro groups is 1. The van der Waals surface area contributed by atoms with Gasteiger partial charge in [0.1, 0.15) is 12.4 Å². The molecule has 0 radical (unpaired) electrons. The van der Waals surface area contributed by atoms with Gasteiger partial charge in [-0.1, -0.05) is 6.08 Å². The van der Waals surface area contributed by atoms with Crippen molar-refractivity contribution in [2.45, 2.75) is 0 Å². The van der Waals surface area contributed by atoms with Crippen molar-refractivity contribution in [1.82, 2.24) is 0 Å². The van der Waals surface area contributed by atoms with Crippen LogP contribution in [0.5, 0.6) is 5.75 Å². The lowest BCUT2D eigenvalue weighted by molar-refractivity contribution is -0.384. The van der Waals surface area contributed by atoms with Crippen LogP contribution >= 0.6 is 0 Å². The number of primary amides is 2. The van der Waals surface area contributed by atoms with Crippen LogP contribution in [-0.4, -0.2) is 37.2 Å². The first-order valence-electron chi connectivity index (χ1n) is 6.34. The summed E-state index contributed by atoms with van der Waals surface area (Å²) in [6, 6.07) is 2.37. The summed E-state index contributed by atoms with van der Waals surface area (Å²) in [6.45, 7) is 0.173. The molecule has 0 fully saturated rings. The van der Waals surface area contributed by atoms with Gasteiger partial charge in [-0.15, -0.1) is 0 Å². The summed E-state index contributed by atoms with van der Waals surface area (Å²) in [6.07, 6.45) is 2.18. The van der Waals surface area contributed by atoms with Crippen molar-refractivity contribution in [3.05, 3.63) is 40.0 Å². The minimum Gasteiger partial charge on any atom is -0.494 e. The van der Waals surface area contributed by atoms with Gasteiger partial charge in [0, 0.05) is 18.2 Å². The maximum Gasteiger partial charge on any atom is 0.404 e. The monoisotopic (exact) mass is 324 g/mol. The van der Waals surface area contributed by atoms with Crippen LogP contribution in [0.2, 0.25) is 0 Å². The minimum atomic E-state index is -0.901. The molecule has 0 aliphatic carbocycles. The molecule has 1 aromatic carbocycles. The number of nitrogens with zero attached hydrogens (tertiary/aromatic N) is 1. The Morgan fingerprint density at radius 2 is 2.04 bits per heavy atom. The van der Waals surface area contributed by atoms with Crippen LogP contribution in [0, 0.1) is 10.1 Å². The SMILES string of the molecule is COc1cc(C(N)=O)cc([N+](=O)[O-])c1NCC=CCOC(N)=O. The standard InChI is InChI=1S/C13H16N4O6/c1-22-10-7-8(12(14)18)6-9(17(20)21)11(10)16-4-2-3-5-23-13(15)19/h2-3,6-7,16H,4-5H2,1H3,(H2,14,18)(H2,15,19). The number of nitrogens with two attached hydrogens (primary N) is 2. The number of anilines is 1. The largest absolute Gasteiger partial charge is 0.494 e. The fourth-order valence-corrected chi connectivity index (χ4v) is 1.67. The summed E-state index contributed by atoms with van der Waals surface area (Å²) < 4.78 is 9.54. The van der Waals surface area contributed by atoms with Crippen LogP contribution in [-0.2, 0) is 4.74 Å². The number of hydrogen-bond donors (Lipinski definition) is 3. The summed E-state index contributed by atoms with van der Waals surface area (Å²) in [7, 11) is 1.31. The van der Waals surface area contributed by atoms with Crippen molar-refractivity contribution < 1.29 is 24.0 Å². The number of nitrogens with one attached hydrogen (secondary N) is 1. The van der Waals surface area contributed by atoms with E-state index in [1.165, 1.54) is 19.3 Å². The lowest BCUT2D eigenvalue weighted by Gasteiger charge is -2.11. The highest BCUT2D eigenvalue weighted by molar-refractivity contribution is 5.95. The van der Waals surface area contributed by atoms with E-state index in [0.29, 0.717) is 0 Å². The van der Waals surface area contributed by atoms with Gasteiger partial charge in [-0.2, -0.15) is 0 Å². The van der Waals surface area contributed by atoms with E-state index in [4.69, 9.17) is 16.2 Å². The zero-order chi connectivity index (χ0) is 17.4. The molecule has 0 unspecified atom stereocenters. The van der Waals surface area contributed by atoms with Gasteiger partial charge in [0.2, 0.25) is 5.91 Å². The highest BCUT2D eigenvalue weighted by atomic mass is 16.6. The second kappa shape index (κ2) is 8.22. The molecule has 10 nitrogen and oxygen atoms in total. The van der Waals surface area contributed by atoms with E-state index in [2.05, 4.69) is 10.1 Å². The molecule has 10 heteroatoms. The van der Waals surface area contributed by atoms with Crippen molar-refractivity contribution in [2.75, 3.05) is 25.6 Å². The molecule has 0 spiro atoms. The van der Waals surface area contributed by atoms with Gasteiger partial charge >= 0.3 is 6.09 Å². The van der Waals surface area contributed by atoms with Crippen molar-refractivity contribution in [3.63, 3.8) is 0 Å². The Labute approximate surface area is 131 Å². The predicted octanol–water partition coefficient (Wildman–Crippen LogP) is 0.766. The van der Waals surface area contributed by atoms with Gasteiger partial charge in [0.25, 0.3) is 5.69 Å². The first-order chi connectivity index (χ1) is 10.9. The zero-order valence-corrected chi connectivity index (χ0v) is 12.3. The van der Waals surface area contributed by atoms with E-state index >= 15 is 0 Å². The molecular formula is C13H16N4O6. The number of carbonyl (C=O) groups excluding carboxylic acids is 2. The third-order valence-electron chi connectivity index (χ3n) is 2.67. The molecule has 0 saturated heterocycles. The molecule has 0 heterocycles. The average molecular weight is 324 g/mol. The van der Waals surface area contributed by atoms with E-state index in [-0.39, 0.29) is 35.8 Å². The average Bonchev–Trinajstić information content (AvgIpc) is 2.49. The number of benzene rings is 1. The zero-order valence-electron chi connectivity index (χ0n) is 12.3. The van der Waals surface area contributed by atoms with Crippen molar-refractivity contribution in [2.24, 2.45) is 11.5 Å². The molecular weight excluding hydrogens is 308 g/mol. The highest BCUT2D eigenvalue weighted by Crippen LogP contribution is 2.35. The van der Waals surface area contributed by atoms with Crippen molar-refractivity contribution >= 4 is 23.4 Å². The van der Waals surface area contributed by atoms with E-state index < -0.39 is 16.9 Å². The number of carbonyl (C=O) groups is 2. The fourth-order valence-electron chi connectivity index (χ4n) is 1.67. The van der Waals surface area contributed by atoms with Gasteiger partial charge in [-0.25, -0.2) is 4.79 Å². The van der Waals surface area contributed by atoms with E-state index in [9.17, 15) is 19.7 Å². The molecule has 0 atom stereocenters. The van der Waals surface area contributed by atoms with Crippen LogP contribution in [0.25, 0.3) is 0 Å². The molecule has 23 heavy (non-hydrogen) atoms. The summed E-state index contributed by atoms with van der Waals surface area (Å²) in [4.78, 5) is 32.1. The van der Waals surface area contributed by atoms with E-state index in [0.717, 1.165) is 6.07 Å². The van der Waals surface area contributed by atoms with Crippen molar-refractivity contribution in [1.29, 1.82) is 0 Å². The third-order valence-corrected chi connectivity index (χ3v) is 2.67. The molecule has 1 aromatic rings. The van der Waals surface area contributed by atoms with Gasteiger partial charge in [0.15, 0.2) is 5.69 Å². The highest BCUT2D eigenvalue weighted by Gasteiger charge is 2.21. The van der Waals surface area contributed by atoms with Gasteiger partial charge in [-0.05, 0) is 12.1 Å². The van der Waals surface area contributed by atoms with E-state index in [1.54, 1.807) is 6.08 Å². The Morgan fingerprint density at radius 3 is 2.57 bits per heavy atom. The van der Waals surface area contributed by atoms with Gasteiger partial charge < -0.3 is 26.3 Å². The molecule has 1 rings (SSSR count). The maximum atomic E-state index is 11.2. The molecule has 124 valence electrons. The number of rotatable bonds is 8. The summed E-state index contributed by atoms with van der Waals surface area (Å²) in [5, 5.41) is 13.9. The molecule has 0 saturated carbocycles. The fraction of sp³-hybridized carbons (Fsp3) is 0.231. The second-order valence-corrected chi connectivity index (χ2v) is 4.18. The van der Waals surface area contributed by atoms with Crippen LogP contribution in [0.1, 0.15) is 10.4 Å². The minimum absolute atomic E-state index is 0.0170. The molecule has 0 bridgehead atoms. The lowest BCUT2D eigenvalue weighted by Crippen LogP contribution is -2.13. The molecule has 0 aliphatic rings. The number of ether oxygens (including phenoxy) is 2. The number of amides is 2. The van der Waals surface area contributed by atoms with Gasteiger partial charge in [0.05, 0.1) is 12.0 Å². The Balaban J connectivity index is 2.93. The topological polar surface area (TPSA) is 160 Å². The number of nitro benzene ring substituents is 1. The Kier molecular flexibility index (Phi) is 6.34. The van der Waals surface area contributed by atoms with Crippen LogP contribution in [0.3, 0.4) is 0 Å². The molecule has 0 aromatic heterocycles. The number of hydrogen-bond acceptors (Lipinski definition) is 7. The van der Waals surface area contributed by atoms with E-state index in [1.807, 2.05) is 0 Å². The smallest absolute Gasteiger partial charge is 0.404 e. The van der Waals surface area contributed by atoms with Crippen LogP contribution in [0.15, 0.2) is 24.3 Å². The molecule has 0 aliphatic heterocycles. The lowest BCUT2D eigenvalue weighted by atomic mass is 10.1. The maximum absolute atomic E-state index is 11.2. The second-order valence-electron chi connectivity index (χ2n) is 4.18. The predicted molar refractivity (Wildman–Crippen MR) is 81.3 cm³/mol. The number of methoxy groups -OCH3 is 1. The third kappa shape index (κ3) is 5.19. The summed E-state index contributed by atoms with van der Waals surface area (Å²) in [5.41, 5.74) is 9.64. The van der Waals surface area contributed by atoms with Crippen LogP contribution < -0.4 is 21.5 Å². The first-order valence-corrected chi connectivity index (χ1v) is 6.34. The van der Waals surface area contributed by atoms with Gasteiger partial charge in [-0.3, -0.25) is 14.9 Å². The Hall–Kier alpha value is -3.30. The molecule has 2 amide bonds. The quantitative estimate of drug-likeness (QED) is 0.361. The normalized spacial score (nSPS) is 10.3. The Bertz CT molecular complexity index is 644.